The van der Waals surface area contributed by atoms with Crippen molar-refractivity contribution in [2.45, 2.75) is 20.3 Å². The largest absolute Gasteiger partial charge is 0.381 e. The molecule has 1 atom stereocenters. The topological polar surface area (TPSA) is 46.1 Å². The van der Waals surface area contributed by atoms with Crippen molar-refractivity contribution < 1.29 is 9.47 Å². The molecule has 1 heterocycles. The van der Waals surface area contributed by atoms with Gasteiger partial charge in [0.1, 0.15) is 0 Å². The standard InChI is InChI=1S/C14H29N3O2/c1-12(2)10-19-8-6-16-14(15-3)17(4)9-13-5-7-18-11-13/h12-13H,5-11H2,1-4H3,(H,15,16). The second kappa shape index (κ2) is 9.15. The fourth-order valence-electron chi connectivity index (χ4n) is 2.14. The van der Waals surface area contributed by atoms with Gasteiger partial charge < -0.3 is 19.7 Å². The van der Waals surface area contributed by atoms with Crippen LogP contribution in [0, 0.1) is 11.8 Å². The summed E-state index contributed by atoms with van der Waals surface area (Å²) < 4.78 is 10.9. The van der Waals surface area contributed by atoms with Gasteiger partial charge in [0.15, 0.2) is 5.96 Å². The number of nitrogens with one attached hydrogen (secondary N) is 1. The highest BCUT2D eigenvalue weighted by molar-refractivity contribution is 5.79. The second-order valence-electron chi connectivity index (χ2n) is 5.55. The maximum atomic E-state index is 5.55. The van der Waals surface area contributed by atoms with E-state index in [4.69, 9.17) is 9.47 Å². The zero-order chi connectivity index (χ0) is 14.1. The molecule has 1 saturated heterocycles. The molecular formula is C14H29N3O2. The summed E-state index contributed by atoms with van der Waals surface area (Å²) in [7, 11) is 3.89. The number of rotatable bonds is 7. The summed E-state index contributed by atoms with van der Waals surface area (Å²) in [5, 5.41) is 3.33. The Morgan fingerprint density at radius 1 is 1.53 bits per heavy atom. The molecule has 0 aromatic carbocycles. The van der Waals surface area contributed by atoms with Gasteiger partial charge in [0.05, 0.1) is 13.2 Å². The number of guanidine groups is 1. The molecule has 1 N–H and O–H groups in total. The van der Waals surface area contributed by atoms with Crippen LogP contribution in [0.5, 0.6) is 0 Å². The fraction of sp³-hybridized carbons (Fsp3) is 0.929. The van der Waals surface area contributed by atoms with Gasteiger partial charge in [0.25, 0.3) is 0 Å². The van der Waals surface area contributed by atoms with Crippen LogP contribution in [0.3, 0.4) is 0 Å². The number of aliphatic imine (C=N–C) groups is 1. The zero-order valence-electron chi connectivity index (χ0n) is 12.8. The molecule has 1 rings (SSSR count). The predicted molar refractivity (Wildman–Crippen MR) is 78.6 cm³/mol. The lowest BCUT2D eigenvalue weighted by atomic mass is 10.1. The van der Waals surface area contributed by atoms with E-state index in [0.717, 1.165) is 51.9 Å². The van der Waals surface area contributed by atoms with Crippen LogP contribution < -0.4 is 5.32 Å². The summed E-state index contributed by atoms with van der Waals surface area (Å²) in [6, 6.07) is 0. The van der Waals surface area contributed by atoms with Gasteiger partial charge in [-0.15, -0.1) is 0 Å². The molecule has 0 aromatic rings. The summed E-state index contributed by atoms with van der Waals surface area (Å²) in [4.78, 5) is 6.47. The molecule has 0 spiro atoms. The Balaban J connectivity index is 2.17. The van der Waals surface area contributed by atoms with Crippen LogP contribution in [0.1, 0.15) is 20.3 Å². The highest BCUT2D eigenvalue weighted by Gasteiger charge is 2.18. The first-order chi connectivity index (χ1) is 9.13. The fourth-order valence-corrected chi connectivity index (χ4v) is 2.14. The third-order valence-corrected chi connectivity index (χ3v) is 3.11. The number of hydrogen-bond acceptors (Lipinski definition) is 3. The summed E-state index contributed by atoms with van der Waals surface area (Å²) in [6.45, 7) is 9.41. The lowest BCUT2D eigenvalue weighted by Crippen LogP contribution is -2.42. The Labute approximate surface area is 117 Å². The maximum Gasteiger partial charge on any atom is 0.193 e. The van der Waals surface area contributed by atoms with Crippen LogP contribution in [-0.2, 0) is 9.47 Å². The Bertz CT molecular complexity index is 263. The highest BCUT2D eigenvalue weighted by Crippen LogP contribution is 2.13. The van der Waals surface area contributed by atoms with Gasteiger partial charge in [-0.3, -0.25) is 4.99 Å². The van der Waals surface area contributed by atoms with Crippen LogP contribution >= 0.6 is 0 Å². The Morgan fingerprint density at radius 2 is 2.32 bits per heavy atom. The van der Waals surface area contributed by atoms with Crippen LogP contribution in [0.4, 0.5) is 0 Å². The van der Waals surface area contributed by atoms with Gasteiger partial charge in [-0.2, -0.15) is 0 Å². The van der Waals surface area contributed by atoms with E-state index in [2.05, 4.69) is 36.1 Å². The minimum Gasteiger partial charge on any atom is -0.381 e. The predicted octanol–water partition coefficient (Wildman–Crippen LogP) is 1.20. The number of hydrogen-bond donors (Lipinski definition) is 1. The molecule has 0 amide bonds. The van der Waals surface area contributed by atoms with Crippen LogP contribution in [-0.4, -0.2) is 64.5 Å². The normalized spacial score (nSPS) is 20.1. The molecule has 0 aromatic heterocycles. The molecule has 5 nitrogen and oxygen atoms in total. The van der Waals surface area contributed by atoms with Gasteiger partial charge in [-0.1, -0.05) is 13.8 Å². The summed E-state index contributed by atoms with van der Waals surface area (Å²) in [5.41, 5.74) is 0. The van der Waals surface area contributed by atoms with Crippen LogP contribution in [0.15, 0.2) is 4.99 Å². The van der Waals surface area contributed by atoms with Crippen LogP contribution in [0.2, 0.25) is 0 Å². The molecule has 1 aliphatic heterocycles. The first kappa shape index (κ1) is 16.2. The van der Waals surface area contributed by atoms with Crippen molar-refractivity contribution in [3.63, 3.8) is 0 Å². The molecule has 1 aliphatic rings. The third kappa shape index (κ3) is 6.78. The molecule has 0 aliphatic carbocycles. The second-order valence-corrected chi connectivity index (χ2v) is 5.55. The van der Waals surface area contributed by atoms with Crippen molar-refractivity contribution in [3.05, 3.63) is 0 Å². The van der Waals surface area contributed by atoms with E-state index in [-0.39, 0.29) is 0 Å². The minimum atomic E-state index is 0.587. The lowest BCUT2D eigenvalue weighted by Gasteiger charge is -2.24. The molecule has 1 fully saturated rings. The average Bonchev–Trinajstić information content (AvgIpc) is 2.86. The van der Waals surface area contributed by atoms with Gasteiger partial charge in [0.2, 0.25) is 0 Å². The van der Waals surface area contributed by atoms with E-state index in [1.54, 1.807) is 0 Å². The molecule has 19 heavy (non-hydrogen) atoms. The molecular weight excluding hydrogens is 242 g/mol. The van der Waals surface area contributed by atoms with Crippen molar-refractivity contribution in [3.8, 4) is 0 Å². The molecule has 5 heteroatoms. The summed E-state index contributed by atoms with van der Waals surface area (Å²) in [6.07, 6.45) is 1.15. The van der Waals surface area contributed by atoms with Crippen molar-refractivity contribution in [1.82, 2.24) is 10.2 Å². The Kier molecular flexibility index (Phi) is 7.82. The first-order valence-corrected chi connectivity index (χ1v) is 7.20. The van der Waals surface area contributed by atoms with Crippen LogP contribution in [0.25, 0.3) is 0 Å². The summed E-state index contributed by atoms with van der Waals surface area (Å²) in [5.74, 6) is 2.14. The average molecular weight is 271 g/mol. The Hall–Kier alpha value is -0.810. The maximum absolute atomic E-state index is 5.55. The van der Waals surface area contributed by atoms with E-state index < -0.39 is 0 Å². The van der Waals surface area contributed by atoms with Crippen molar-refractivity contribution in [2.75, 3.05) is 53.6 Å². The van der Waals surface area contributed by atoms with E-state index in [0.29, 0.717) is 11.8 Å². The minimum absolute atomic E-state index is 0.587. The smallest absolute Gasteiger partial charge is 0.193 e. The van der Waals surface area contributed by atoms with E-state index in [1.807, 2.05) is 7.05 Å². The van der Waals surface area contributed by atoms with E-state index in [9.17, 15) is 0 Å². The van der Waals surface area contributed by atoms with Crippen molar-refractivity contribution >= 4 is 5.96 Å². The zero-order valence-corrected chi connectivity index (χ0v) is 12.8. The Morgan fingerprint density at radius 3 is 2.89 bits per heavy atom. The van der Waals surface area contributed by atoms with Gasteiger partial charge in [0, 0.05) is 46.3 Å². The van der Waals surface area contributed by atoms with Gasteiger partial charge in [-0.25, -0.2) is 0 Å². The SMILES string of the molecule is CN=C(NCCOCC(C)C)N(C)CC1CCOC1. The highest BCUT2D eigenvalue weighted by atomic mass is 16.5. The third-order valence-electron chi connectivity index (χ3n) is 3.11. The molecule has 0 radical (unpaired) electrons. The summed E-state index contributed by atoms with van der Waals surface area (Å²) >= 11 is 0. The first-order valence-electron chi connectivity index (χ1n) is 7.20. The van der Waals surface area contributed by atoms with Crippen molar-refractivity contribution in [2.24, 2.45) is 16.8 Å². The molecule has 0 saturated carbocycles. The molecule has 0 bridgehead atoms. The van der Waals surface area contributed by atoms with E-state index >= 15 is 0 Å². The number of nitrogens with zero attached hydrogens (tertiary/aromatic N) is 2. The van der Waals surface area contributed by atoms with Crippen molar-refractivity contribution in [1.29, 1.82) is 0 Å². The monoisotopic (exact) mass is 271 g/mol. The number of ether oxygens (including phenoxy) is 2. The molecule has 112 valence electrons. The lowest BCUT2D eigenvalue weighted by molar-refractivity contribution is 0.114. The van der Waals surface area contributed by atoms with Gasteiger partial charge >= 0.3 is 0 Å². The molecule has 1 unspecified atom stereocenters. The van der Waals surface area contributed by atoms with E-state index in [1.165, 1.54) is 0 Å². The quantitative estimate of drug-likeness (QED) is 0.429. The van der Waals surface area contributed by atoms with Gasteiger partial charge in [-0.05, 0) is 12.3 Å².